The Balaban J connectivity index is 1.53. The summed E-state index contributed by atoms with van der Waals surface area (Å²) in [6.07, 6.45) is 3.47. The maximum Gasteiger partial charge on any atom is 0.242 e. The topological polar surface area (TPSA) is 79.4 Å². The van der Waals surface area contributed by atoms with Crippen molar-refractivity contribution in [3.05, 3.63) is 12.2 Å². The Labute approximate surface area is 152 Å². The van der Waals surface area contributed by atoms with Gasteiger partial charge in [0.15, 0.2) is 0 Å². The predicted octanol–water partition coefficient (Wildman–Crippen LogP) is -0.894. The highest BCUT2D eigenvalue weighted by Crippen LogP contribution is 2.52. The molecule has 0 aromatic heterocycles. The molecule has 4 rings (SSSR count). The van der Waals surface area contributed by atoms with E-state index >= 15 is 0 Å². The van der Waals surface area contributed by atoms with Gasteiger partial charge in [-0.05, 0) is 6.92 Å². The average molecular weight is 363 g/mol. The fourth-order valence-corrected chi connectivity index (χ4v) is 4.69. The number of ether oxygens (including phenoxy) is 2. The van der Waals surface area contributed by atoms with Crippen molar-refractivity contribution < 1.29 is 23.9 Å². The molecule has 0 aromatic carbocycles. The minimum absolute atomic E-state index is 0.0408. The molecule has 26 heavy (non-hydrogen) atoms. The van der Waals surface area contributed by atoms with E-state index in [4.69, 9.17) is 9.47 Å². The van der Waals surface area contributed by atoms with Gasteiger partial charge in [-0.2, -0.15) is 0 Å². The Morgan fingerprint density at radius 1 is 1.35 bits per heavy atom. The van der Waals surface area contributed by atoms with E-state index in [1.54, 1.807) is 21.8 Å². The number of hydrogen-bond donors (Lipinski definition) is 0. The van der Waals surface area contributed by atoms with Crippen LogP contribution in [0.1, 0.15) is 6.92 Å². The molecule has 4 aliphatic heterocycles. The lowest BCUT2D eigenvalue weighted by Gasteiger charge is -2.36. The van der Waals surface area contributed by atoms with E-state index in [1.165, 1.54) is 0 Å². The fraction of sp³-hybridized carbons (Fsp3) is 0.722. The van der Waals surface area contributed by atoms with Crippen LogP contribution in [0, 0.1) is 11.8 Å². The van der Waals surface area contributed by atoms with E-state index < -0.39 is 17.4 Å². The van der Waals surface area contributed by atoms with E-state index in [2.05, 4.69) is 0 Å². The normalized spacial score (nSPS) is 35.6. The fourth-order valence-electron chi connectivity index (χ4n) is 4.69. The third-order valence-corrected chi connectivity index (χ3v) is 6.04. The monoisotopic (exact) mass is 363 g/mol. The lowest BCUT2D eigenvalue weighted by atomic mass is 9.76. The Bertz CT molecular complexity index is 665. The highest BCUT2D eigenvalue weighted by molar-refractivity contribution is 5.94. The quantitative estimate of drug-likeness (QED) is 0.592. The van der Waals surface area contributed by atoms with Crippen molar-refractivity contribution in [2.45, 2.75) is 18.6 Å². The maximum atomic E-state index is 13.2. The summed E-state index contributed by atoms with van der Waals surface area (Å²) < 4.78 is 11.2. The number of likely N-dealkylation sites (tertiary alicyclic amines) is 1. The molecule has 0 N–H and O–H groups in total. The van der Waals surface area contributed by atoms with E-state index in [9.17, 15) is 14.4 Å². The van der Waals surface area contributed by atoms with Crippen LogP contribution in [0.15, 0.2) is 12.2 Å². The van der Waals surface area contributed by atoms with Gasteiger partial charge >= 0.3 is 0 Å². The number of nitrogens with zero attached hydrogens (tertiary/aromatic N) is 3. The highest BCUT2D eigenvalue weighted by atomic mass is 16.5. The van der Waals surface area contributed by atoms with Gasteiger partial charge in [0, 0.05) is 33.3 Å². The van der Waals surface area contributed by atoms with Crippen molar-refractivity contribution in [3.8, 4) is 0 Å². The molecule has 0 aliphatic carbocycles. The van der Waals surface area contributed by atoms with Crippen LogP contribution in [-0.4, -0.2) is 97.1 Å². The summed E-state index contributed by atoms with van der Waals surface area (Å²) in [5.41, 5.74) is -0.703. The van der Waals surface area contributed by atoms with Crippen LogP contribution in [0.2, 0.25) is 0 Å². The Kier molecular flexibility index (Phi) is 4.27. The number of methoxy groups -OCH3 is 1. The zero-order chi connectivity index (χ0) is 18.5. The van der Waals surface area contributed by atoms with Crippen LogP contribution in [0.5, 0.6) is 0 Å². The van der Waals surface area contributed by atoms with E-state index in [-0.39, 0.29) is 30.4 Å². The van der Waals surface area contributed by atoms with Crippen molar-refractivity contribution in [2.24, 2.45) is 11.8 Å². The molecule has 8 nitrogen and oxygen atoms in total. The van der Waals surface area contributed by atoms with Crippen LogP contribution in [0.3, 0.4) is 0 Å². The van der Waals surface area contributed by atoms with Crippen molar-refractivity contribution in [2.75, 3.05) is 53.0 Å². The van der Waals surface area contributed by atoms with Gasteiger partial charge in [-0.1, -0.05) is 12.2 Å². The Hall–Kier alpha value is -1.93. The van der Waals surface area contributed by atoms with Crippen LogP contribution in [0.25, 0.3) is 0 Å². The molecule has 4 heterocycles. The largest absolute Gasteiger partial charge is 0.383 e. The lowest BCUT2D eigenvalue weighted by Crippen LogP contribution is -2.55. The number of piperazine rings is 1. The average Bonchev–Trinajstić information content (AvgIpc) is 3.27. The zero-order valence-electron chi connectivity index (χ0n) is 15.2. The first-order valence-corrected chi connectivity index (χ1v) is 9.22. The summed E-state index contributed by atoms with van der Waals surface area (Å²) in [4.78, 5) is 43.4. The number of fused-ring (bicyclic) bond motifs is 1. The van der Waals surface area contributed by atoms with Gasteiger partial charge in [0.2, 0.25) is 17.7 Å². The number of hydrogen-bond acceptors (Lipinski definition) is 5. The molecule has 0 radical (unpaired) electrons. The van der Waals surface area contributed by atoms with Gasteiger partial charge in [0.05, 0.1) is 37.6 Å². The predicted molar refractivity (Wildman–Crippen MR) is 91.0 cm³/mol. The third-order valence-electron chi connectivity index (χ3n) is 6.04. The van der Waals surface area contributed by atoms with E-state index in [0.29, 0.717) is 39.3 Å². The molecule has 3 amide bonds. The second-order valence-electron chi connectivity index (χ2n) is 7.39. The summed E-state index contributed by atoms with van der Waals surface area (Å²) in [6, 6.07) is 0. The first kappa shape index (κ1) is 17.5. The van der Waals surface area contributed by atoms with Crippen LogP contribution in [-0.2, 0) is 23.9 Å². The Morgan fingerprint density at radius 3 is 2.85 bits per heavy atom. The summed E-state index contributed by atoms with van der Waals surface area (Å²) in [5.74, 6) is -1.27. The number of amides is 3. The molecule has 3 saturated heterocycles. The lowest BCUT2D eigenvalue weighted by molar-refractivity contribution is -0.150. The summed E-state index contributed by atoms with van der Waals surface area (Å²) in [5, 5.41) is 0. The zero-order valence-corrected chi connectivity index (χ0v) is 15.2. The molecule has 8 heteroatoms. The molecule has 142 valence electrons. The van der Waals surface area contributed by atoms with Crippen LogP contribution >= 0.6 is 0 Å². The molecule has 4 aliphatic rings. The SMILES string of the molecule is CCN1CCN(C(=O)[C@H]2[C@@H]3C=C[C@@]4(CN(CCOC)C(=O)[C@H]24)O3)CC1=O. The molecule has 1 spiro atoms. The van der Waals surface area contributed by atoms with E-state index in [1.807, 2.05) is 19.1 Å². The smallest absolute Gasteiger partial charge is 0.242 e. The van der Waals surface area contributed by atoms with Gasteiger partial charge in [0.1, 0.15) is 5.60 Å². The molecule has 0 aromatic rings. The number of carbonyl (C=O) groups is 3. The van der Waals surface area contributed by atoms with Crippen molar-refractivity contribution in [1.29, 1.82) is 0 Å². The van der Waals surface area contributed by atoms with Gasteiger partial charge < -0.3 is 24.2 Å². The number of carbonyl (C=O) groups excluding carboxylic acids is 3. The van der Waals surface area contributed by atoms with Crippen molar-refractivity contribution in [1.82, 2.24) is 14.7 Å². The standard InChI is InChI=1S/C18H25N3O5/c1-3-19-6-7-20(10-13(19)22)16(23)14-12-4-5-18(26-12)11-21(8-9-25-2)17(24)15(14)18/h4-5,12,14-15H,3,6-11H2,1-2H3/t12-,14-,15-,18-/m0/s1. The second-order valence-corrected chi connectivity index (χ2v) is 7.39. The van der Waals surface area contributed by atoms with Crippen LogP contribution < -0.4 is 0 Å². The molecule has 0 saturated carbocycles. The summed E-state index contributed by atoms with van der Waals surface area (Å²) in [6.45, 7) is 5.11. The minimum Gasteiger partial charge on any atom is -0.383 e. The van der Waals surface area contributed by atoms with E-state index in [0.717, 1.165) is 0 Å². The maximum absolute atomic E-state index is 13.2. The molecular formula is C18H25N3O5. The van der Waals surface area contributed by atoms with Gasteiger partial charge in [-0.15, -0.1) is 0 Å². The van der Waals surface area contributed by atoms with Crippen molar-refractivity contribution in [3.63, 3.8) is 0 Å². The summed E-state index contributed by atoms with van der Waals surface area (Å²) >= 11 is 0. The number of likely N-dealkylation sites (N-methyl/N-ethyl adjacent to an activating group) is 1. The Morgan fingerprint density at radius 2 is 2.15 bits per heavy atom. The van der Waals surface area contributed by atoms with Crippen LogP contribution in [0.4, 0.5) is 0 Å². The molecule has 2 bridgehead atoms. The number of rotatable bonds is 5. The second kappa shape index (κ2) is 6.35. The van der Waals surface area contributed by atoms with Gasteiger partial charge in [-0.3, -0.25) is 14.4 Å². The molecule has 3 fully saturated rings. The molecule has 0 unspecified atom stereocenters. The van der Waals surface area contributed by atoms with Crippen molar-refractivity contribution >= 4 is 17.7 Å². The molecular weight excluding hydrogens is 338 g/mol. The highest BCUT2D eigenvalue weighted by Gasteiger charge is 2.67. The molecule has 4 atom stereocenters. The van der Waals surface area contributed by atoms with Gasteiger partial charge in [0.25, 0.3) is 0 Å². The first-order chi connectivity index (χ1) is 12.5. The third kappa shape index (κ3) is 2.46. The minimum atomic E-state index is -0.703. The first-order valence-electron chi connectivity index (χ1n) is 9.22. The summed E-state index contributed by atoms with van der Waals surface area (Å²) in [7, 11) is 1.60. The van der Waals surface area contributed by atoms with Gasteiger partial charge in [-0.25, -0.2) is 0 Å².